The smallest absolute Gasteiger partial charge is 0.261 e. The SMILES string of the molecule is Cc1nnc(NC(=O)c2ccc(Br)cc2F)nc1C. The molecular formula is C12H10BrFN4O. The molecule has 1 aromatic carbocycles. The van der Waals surface area contributed by atoms with Gasteiger partial charge in [-0.05, 0) is 32.0 Å². The van der Waals surface area contributed by atoms with Gasteiger partial charge in [0.25, 0.3) is 5.91 Å². The van der Waals surface area contributed by atoms with Gasteiger partial charge in [-0.1, -0.05) is 15.9 Å². The number of carbonyl (C=O) groups excluding carboxylic acids is 1. The summed E-state index contributed by atoms with van der Waals surface area (Å²) in [5.41, 5.74) is 1.25. The monoisotopic (exact) mass is 324 g/mol. The van der Waals surface area contributed by atoms with Crippen LogP contribution in [0.3, 0.4) is 0 Å². The molecule has 0 saturated carbocycles. The summed E-state index contributed by atoms with van der Waals surface area (Å²) in [6.07, 6.45) is 0. The number of hydrogen-bond acceptors (Lipinski definition) is 4. The number of benzene rings is 1. The summed E-state index contributed by atoms with van der Waals surface area (Å²) in [5.74, 6) is -1.19. The topological polar surface area (TPSA) is 67.8 Å². The lowest BCUT2D eigenvalue weighted by Gasteiger charge is -2.05. The van der Waals surface area contributed by atoms with E-state index in [1.165, 1.54) is 12.1 Å². The van der Waals surface area contributed by atoms with E-state index in [0.29, 0.717) is 15.9 Å². The zero-order valence-electron chi connectivity index (χ0n) is 10.2. The summed E-state index contributed by atoms with van der Waals surface area (Å²) in [5, 5.41) is 9.97. The van der Waals surface area contributed by atoms with Crippen molar-refractivity contribution in [2.24, 2.45) is 0 Å². The highest BCUT2D eigenvalue weighted by Gasteiger charge is 2.13. The number of anilines is 1. The Morgan fingerprint density at radius 3 is 2.63 bits per heavy atom. The van der Waals surface area contributed by atoms with Gasteiger partial charge in [-0.15, -0.1) is 5.10 Å². The van der Waals surface area contributed by atoms with Crippen molar-refractivity contribution < 1.29 is 9.18 Å². The van der Waals surface area contributed by atoms with E-state index in [4.69, 9.17) is 0 Å². The maximum absolute atomic E-state index is 13.6. The standard InChI is InChI=1S/C12H10BrFN4O/c1-6-7(2)17-18-12(15-6)16-11(19)9-4-3-8(13)5-10(9)14/h3-5H,1-2H3,(H,15,16,18,19). The molecule has 0 aliphatic rings. The third-order valence-corrected chi connectivity index (χ3v) is 2.99. The van der Waals surface area contributed by atoms with Crippen LogP contribution in [0.1, 0.15) is 21.7 Å². The minimum Gasteiger partial charge on any atom is -0.289 e. The highest BCUT2D eigenvalue weighted by Crippen LogP contribution is 2.16. The van der Waals surface area contributed by atoms with Crippen LogP contribution in [0, 0.1) is 19.7 Å². The Labute approximate surface area is 117 Å². The predicted molar refractivity (Wildman–Crippen MR) is 71.4 cm³/mol. The van der Waals surface area contributed by atoms with Crippen LogP contribution in [0.5, 0.6) is 0 Å². The average molecular weight is 325 g/mol. The Balaban J connectivity index is 2.23. The number of aromatic nitrogens is 3. The molecule has 7 heteroatoms. The van der Waals surface area contributed by atoms with Gasteiger partial charge in [0, 0.05) is 4.47 Å². The van der Waals surface area contributed by atoms with Crippen molar-refractivity contribution >= 4 is 27.8 Å². The lowest BCUT2D eigenvalue weighted by atomic mass is 10.2. The molecule has 5 nitrogen and oxygen atoms in total. The molecule has 0 aliphatic carbocycles. The van der Waals surface area contributed by atoms with Gasteiger partial charge in [0.05, 0.1) is 17.0 Å². The van der Waals surface area contributed by atoms with Gasteiger partial charge in [-0.25, -0.2) is 9.37 Å². The second-order valence-corrected chi connectivity index (χ2v) is 4.80. The molecule has 2 rings (SSSR count). The van der Waals surface area contributed by atoms with Gasteiger partial charge in [0.2, 0.25) is 5.95 Å². The van der Waals surface area contributed by atoms with E-state index >= 15 is 0 Å². The largest absolute Gasteiger partial charge is 0.289 e. The summed E-state index contributed by atoms with van der Waals surface area (Å²) < 4.78 is 14.2. The van der Waals surface area contributed by atoms with Crippen molar-refractivity contribution in [2.45, 2.75) is 13.8 Å². The lowest BCUT2D eigenvalue weighted by molar-refractivity contribution is 0.102. The van der Waals surface area contributed by atoms with Gasteiger partial charge in [-0.3, -0.25) is 10.1 Å². The Hall–Kier alpha value is -1.89. The zero-order valence-corrected chi connectivity index (χ0v) is 11.8. The van der Waals surface area contributed by atoms with Crippen molar-refractivity contribution in [3.8, 4) is 0 Å². The molecule has 0 radical (unpaired) electrons. The van der Waals surface area contributed by atoms with E-state index in [9.17, 15) is 9.18 Å². The van der Waals surface area contributed by atoms with E-state index < -0.39 is 11.7 Å². The van der Waals surface area contributed by atoms with E-state index in [1.54, 1.807) is 19.9 Å². The summed E-state index contributed by atoms with van der Waals surface area (Å²) in [6, 6.07) is 4.18. The summed E-state index contributed by atoms with van der Waals surface area (Å²) in [7, 11) is 0. The first kappa shape index (κ1) is 13.5. The first-order valence-electron chi connectivity index (χ1n) is 5.41. The zero-order chi connectivity index (χ0) is 14.0. The van der Waals surface area contributed by atoms with Gasteiger partial charge in [-0.2, -0.15) is 5.10 Å². The Morgan fingerprint density at radius 2 is 2.00 bits per heavy atom. The number of rotatable bonds is 2. The minimum absolute atomic E-state index is 0.0513. The number of aryl methyl sites for hydroxylation is 2. The van der Waals surface area contributed by atoms with Crippen LogP contribution >= 0.6 is 15.9 Å². The Morgan fingerprint density at radius 1 is 1.26 bits per heavy atom. The minimum atomic E-state index is -0.622. The van der Waals surface area contributed by atoms with E-state index in [-0.39, 0.29) is 11.5 Å². The van der Waals surface area contributed by atoms with Crippen molar-refractivity contribution in [3.63, 3.8) is 0 Å². The molecule has 1 heterocycles. The van der Waals surface area contributed by atoms with E-state index in [1.807, 2.05) is 0 Å². The van der Waals surface area contributed by atoms with Crippen LogP contribution in [0.4, 0.5) is 10.3 Å². The molecule has 19 heavy (non-hydrogen) atoms. The highest BCUT2D eigenvalue weighted by atomic mass is 79.9. The van der Waals surface area contributed by atoms with Crippen molar-refractivity contribution in [2.75, 3.05) is 5.32 Å². The summed E-state index contributed by atoms with van der Waals surface area (Å²) in [6.45, 7) is 3.51. The van der Waals surface area contributed by atoms with Crippen molar-refractivity contribution in [3.05, 3.63) is 45.4 Å². The van der Waals surface area contributed by atoms with Gasteiger partial charge in [0.15, 0.2) is 0 Å². The molecule has 0 aliphatic heterocycles. The highest BCUT2D eigenvalue weighted by molar-refractivity contribution is 9.10. The molecule has 98 valence electrons. The van der Waals surface area contributed by atoms with Crippen LogP contribution in [0.2, 0.25) is 0 Å². The number of amides is 1. The first-order valence-corrected chi connectivity index (χ1v) is 6.21. The Bertz CT molecular complexity index is 648. The average Bonchev–Trinajstić information content (AvgIpc) is 2.33. The van der Waals surface area contributed by atoms with Crippen LogP contribution in [0.25, 0.3) is 0 Å². The van der Waals surface area contributed by atoms with E-state index in [2.05, 4.69) is 36.4 Å². The number of nitrogens with zero attached hydrogens (tertiary/aromatic N) is 3. The number of nitrogens with one attached hydrogen (secondary N) is 1. The molecule has 1 amide bonds. The van der Waals surface area contributed by atoms with Crippen LogP contribution < -0.4 is 5.32 Å². The molecule has 1 N–H and O–H groups in total. The molecular weight excluding hydrogens is 315 g/mol. The second kappa shape index (κ2) is 5.40. The second-order valence-electron chi connectivity index (χ2n) is 3.88. The quantitative estimate of drug-likeness (QED) is 0.922. The molecule has 0 bridgehead atoms. The molecule has 0 saturated heterocycles. The maximum Gasteiger partial charge on any atom is 0.261 e. The number of halogens is 2. The van der Waals surface area contributed by atoms with Crippen LogP contribution in [0.15, 0.2) is 22.7 Å². The van der Waals surface area contributed by atoms with E-state index in [0.717, 1.165) is 0 Å². The van der Waals surface area contributed by atoms with Crippen molar-refractivity contribution in [1.82, 2.24) is 15.2 Å². The van der Waals surface area contributed by atoms with Gasteiger partial charge < -0.3 is 0 Å². The Kier molecular flexibility index (Phi) is 3.84. The molecule has 0 spiro atoms. The number of carbonyl (C=O) groups is 1. The molecule has 0 fully saturated rings. The van der Waals surface area contributed by atoms with Gasteiger partial charge >= 0.3 is 0 Å². The van der Waals surface area contributed by atoms with Crippen LogP contribution in [-0.2, 0) is 0 Å². The summed E-state index contributed by atoms with van der Waals surface area (Å²) in [4.78, 5) is 15.9. The fourth-order valence-corrected chi connectivity index (χ4v) is 1.69. The first-order chi connectivity index (χ1) is 8.97. The molecule has 0 atom stereocenters. The third-order valence-electron chi connectivity index (χ3n) is 2.49. The maximum atomic E-state index is 13.6. The van der Waals surface area contributed by atoms with Gasteiger partial charge in [0.1, 0.15) is 5.82 Å². The third kappa shape index (κ3) is 3.11. The fraction of sp³-hybridized carbons (Fsp3) is 0.167. The van der Waals surface area contributed by atoms with Crippen LogP contribution in [-0.4, -0.2) is 21.1 Å². The molecule has 1 aromatic heterocycles. The molecule has 2 aromatic rings. The van der Waals surface area contributed by atoms with Crippen molar-refractivity contribution in [1.29, 1.82) is 0 Å². The predicted octanol–water partition coefficient (Wildman–Crippen LogP) is 2.64. The molecule has 0 unspecified atom stereocenters. The fourth-order valence-electron chi connectivity index (χ4n) is 1.35. The lowest BCUT2D eigenvalue weighted by Crippen LogP contribution is -2.17. The number of hydrogen-bond donors (Lipinski definition) is 1. The summed E-state index contributed by atoms with van der Waals surface area (Å²) >= 11 is 3.12. The normalized spacial score (nSPS) is 10.3.